The maximum atomic E-state index is 11.6. The number of hydrogen-bond acceptors (Lipinski definition) is 4. The molecule has 1 heterocycles. The average Bonchev–Trinajstić information content (AvgIpc) is 3.17. The minimum atomic E-state index is -0.393. The molecule has 0 aliphatic carbocycles. The number of rotatable bonds is 6. The van der Waals surface area contributed by atoms with E-state index in [-0.39, 0.29) is 5.76 Å². The van der Waals surface area contributed by atoms with E-state index in [2.05, 4.69) is 26.5 Å². The van der Waals surface area contributed by atoms with Crippen LogP contribution in [0, 0.1) is 0 Å². The molecule has 0 fully saturated rings. The highest BCUT2D eigenvalue weighted by atomic mass is 79.9. The van der Waals surface area contributed by atoms with Crippen molar-refractivity contribution in [2.45, 2.75) is 6.61 Å². The van der Waals surface area contributed by atoms with Crippen LogP contribution in [-0.2, 0) is 6.61 Å². The molecule has 0 aliphatic heterocycles. The Hall–Kier alpha value is -2.86. The lowest BCUT2D eigenvalue weighted by molar-refractivity contribution is 0.0927. The Morgan fingerprint density at radius 3 is 2.56 bits per heavy atom. The van der Waals surface area contributed by atoms with Gasteiger partial charge in [-0.2, -0.15) is 5.10 Å². The van der Waals surface area contributed by atoms with Crippen molar-refractivity contribution in [3.8, 4) is 5.75 Å². The minimum absolute atomic E-state index is 0.217. The van der Waals surface area contributed by atoms with E-state index >= 15 is 0 Å². The van der Waals surface area contributed by atoms with Crippen LogP contribution in [0.15, 0.2) is 80.9 Å². The normalized spacial score (nSPS) is 10.8. The molecular weight excluding hydrogens is 384 g/mol. The molecule has 2 aromatic carbocycles. The summed E-state index contributed by atoms with van der Waals surface area (Å²) in [4.78, 5) is 11.6. The quantitative estimate of drug-likeness (QED) is 0.494. The summed E-state index contributed by atoms with van der Waals surface area (Å²) in [5.41, 5.74) is 4.34. The van der Waals surface area contributed by atoms with Crippen molar-refractivity contribution < 1.29 is 13.9 Å². The maximum Gasteiger partial charge on any atom is 0.307 e. The van der Waals surface area contributed by atoms with Crippen LogP contribution < -0.4 is 10.2 Å². The number of halogens is 1. The third kappa shape index (κ3) is 5.06. The third-order valence-corrected chi connectivity index (χ3v) is 3.85. The minimum Gasteiger partial charge on any atom is -0.489 e. The zero-order valence-corrected chi connectivity index (χ0v) is 14.8. The lowest BCUT2D eigenvalue weighted by Crippen LogP contribution is -2.16. The first-order valence-corrected chi connectivity index (χ1v) is 8.34. The lowest BCUT2D eigenvalue weighted by Gasteiger charge is -2.06. The Labute approximate surface area is 153 Å². The van der Waals surface area contributed by atoms with Crippen molar-refractivity contribution in [3.05, 3.63) is 88.3 Å². The van der Waals surface area contributed by atoms with E-state index in [1.807, 2.05) is 48.5 Å². The summed E-state index contributed by atoms with van der Waals surface area (Å²) < 4.78 is 11.8. The Morgan fingerprint density at radius 1 is 1.12 bits per heavy atom. The number of hydrazone groups is 1. The zero-order chi connectivity index (χ0) is 17.5. The molecule has 126 valence electrons. The number of carbonyl (C=O) groups is 1. The van der Waals surface area contributed by atoms with Crippen molar-refractivity contribution in [3.63, 3.8) is 0 Å². The van der Waals surface area contributed by atoms with Crippen molar-refractivity contribution in [2.24, 2.45) is 5.10 Å². The summed E-state index contributed by atoms with van der Waals surface area (Å²) >= 11 is 3.41. The standard InChI is InChI=1S/C19H15BrN2O3/c20-16-7-3-15(4-8-16)13-25-17-9-5-14(6-10-17)12-21-22-19(23)18-2-1-11-24-18/h1-12H,13H2,(H,22,23)/b21-12+. The number of nitrogens with one attached hydrogen (secondary N) is 1. The monoisotopic (exact) mass is 398 g/mol. The Bertz CT molecular complexity index is 841. The van der Waals surface area contributed by atoms with Crippen LogP contribution in [0.3, 0.4) is 0 Å². The highest BCUT2D eigenvalue weighted by Crippen LogP contribution is 2.15. The number of benzene rings is 2. The van der Waals surface area contributed by atoms with Crippen LogP contribution in [0.1, 0.15) is 21.7 Å². The van der Waals surface area contributed by atoms with E-state index in [0.29, 0.717) is 6.61 Å². The molecule has 0 unspecified atom stereocenters. The number of amides is 1. The molecule has 1 N–H and O–H groups in total. The summed E-state index contributed by atoms with van der Waals surface area (Å²) in [5, 5.41) is 3.90. The average molecular weight is 399 g/mol. The van der Waals surface area contributed by atoms with Crippen molar-refractivity contribution in [1.29, 1.82) is 0 Å². The molecule has 0 saturated heterocycles. The molecule has 0 spiro atoms. The van der Waals surface area contributed by atoms with Gasteiger partial charge in [0.15, 0.2) is 5.76 Å². The molecule has 3 rings (SSSR count). The van der Waals surface area contributed by atoms with Crippen LogP contribution in [0.25, 0.3) is 0 Å². The van der Waals surface area contributed by atoms with Gasteiger partial charge in [0, 0.05) is 4.47 Å². The van der Waals surface area contributed by atoms with Crippen LogP contribution in [0.4, 0.5) is 0 Å². The maximum absolute atomic E-state index is 11.6. The van der Waals surface area contributed by atoms with E-state index < -0.39 is 5.91 Å². The Kier molecular flexibility index (Phi) is 5.64. The number of hydrogen-bond donors (Lipinski definition) is 1. The van der Waals surface area contributed by atoms with E-state index in [1.54, 1.807) is 18.3 Å². The van der Waals surface area contributed by atoms with Gasteiger partial charge >= 0.3 is 5.91 Å². The predicted octanol–water partition coefficient (Wildman–Crippen LogP) is 4.39. The van der Waals surface area contributed by atoms with Crippen LogP contribution in [0.5, 0.6) is 5.75 Å². The number of nitrogens with zero attached hydrogens (tertiary/aromatic N) is 1. The molecule has 0 bridgehead atoms. The molecule has 0 atom stereocenters. The summed E-state index contributed by atoms with van der Waals surface area (Å²) in [6.45, 7) is 0.500. The fourth-order valence-electron chi connectivity index (χ4n) is 2.03. The Balaban J connectivity index is 1.50. The molecule has 3 aromatic rings. The summed E-state index contributed by atoms with van der Waals surface area (Å²) in [6.07, 6.45) is 2.99. The molecule has 25 heavy (non-hydrogen) atoms. The van der Waals surface area contributed by atoms with E-state index in [1.165, 1.54) is 6.26 Å². The van der Waals surface area contributed by atoms with Gasteiger partial charge in [-0.1, -0.05) is 28.1 Å². The van der Waals surface area contributed by atoms with Gasteiger partial charge in [0.1, 0.15) is 12.4 Å². The van der Waals surface area contributed by atoms with E-state index in [9.17, 15) is 4.79 Å². The Morgan fingerprint density at radius 2 is 1.88 bits per heavy atom. The van der Waals surface area contributed by atoms with Crippen LogP contribution in [0.2, 0.25) is 0 Å². The molecule has 6 heteroatoms. The lowest BCUT2D eigenvalue weighted by atomic mass is 10.2. The van der Waals surface area contributed by atoms with Crippen LogP contribution in [-0.4, -0.2) is 12.1 Å². The van der Waals surface area contributed by atoms with Gasteiger partial charge in [-0.25, -0.2) is 5.43 Å². The SMILES string of the molecule is O=C(N/N=C/c1ccc(OCc2ccc(Br)cc2)cc1)c1ccco1. The predicted molar refractivity (Wildman–Crippen MR) is 98.7 cm³/mol. The zero-order valence-electron chi connectivity index (χ0n) is 13.2. The molecule has 0 aliphatic rings. The second-order valence-corrected chi connectivity index (χ2v) is 6.08. The van der Waals surface area contributed by atoms with Gasteiger partial charge in [0.2, 0.25) is 0 Å². The smallest absolute Gasteiger partial charge is 0.307 e. The first-order chi connectivity index (χ1) is 12.2. The highest BCUT2D eigenvalue weighted by molar-refractivity contribution is 9.10. The van der Waals surface area contributed by atoms with Crippen molar-refractivity contribution >= 4 is 28.1 Å². The topological polar surface area (TPSA) is 63.8 Å². The van der Waals surface area contributed by atoms with Gasteiger partial charge in [-0.05, 0) is 59.7 Å². The van der Waals surface area contributed by atoms with Gasteiger partial charge in [-0.15, -0.1) is 0 Å². The molecule has 0 radical (unpaired) electrons. The summed E-state index contributed by atoms with van der Waals surface area (Å²) in [7, 11) is 0. The molecule has 1 amide bonds. The van der Waals surface area contributed by atoms with Crippen LogP contribution >= 0.6 is 15.9 Å². The van der Waals surface area contributed by atoms with Gasteiger partial charge in [0.05, 0.1) is 12.5 Å². The number of ether oxygens (including phenoxy) is 1. The molecule has 1 aromatic heterocycles. The van der Waals surface area contributed by atoms with E-state index in [4.69, 9.17) is 9.15 Å². The van der Waals surface area contributed by atoms with Gasteiger partial charge < -0.3 is 9.15 Å². The molecular formula is C19H15BrN2O3. The molecule has 0 saturated carbocycles. The first-order valence-electron chi connectivity index (χ1n) is 7.55. The summed E-state index contributed by atoms with van der Waals surface area (Å²) in [5.74, 6) is 0.587. The van der Waals surface area contributed by atoms with Crippen molar-refractivity contribution in [1.82, 2.24) is 5.43 Å². The molecule has 5 nitrogen and oxygen atoms in total. The highest BCUT2D eigenvalue weighted by Gasteiger charge is 2.05. The fourth-order valence-corrected chi connectivity index (χ4v) is 2.29. The summed E-state index contributed by atoms with van der Waals surface area (Å²) in [6, 6.07) is 18.6. The largest absolute Gasteiger partial charge is 0.489 e. The first kappa shape index (κ1) is 17.0. The van der Waals surface area contributed by atoms with Crippen molar-refractivity contribution in [2.75, 3.05) is 0 Å². The van der Waals surface area contributed by atoms with E-state index in [0.717, 1.165) is 21.3 Å². The second-order valence-electron chi connectivity index (χ2n) is 5.16. The number of furan rings is 1. The van der Waals surface area contributed by atoms with Gasteiger partial charge in [0.25, 0.3) is 0 Å². The number of carbonyl (C=O) groups excluding carboxylic acids is 1. The van der Waals surface area contributed by atoms with Gasteiger partial charge in [-0.3, -0.25) is 4.79 Å². The second kappa shape index (κ2) is 8.30. The third-order valence-electron chi connectivity index (χ3n) is 3.32. The fraction of sp³-hybridized carbons (Fsp3) is 0.0526.